The lowest BCUT2D eigenvalue weighted by atomic mass is 10.3. The third-order valence-electron chi connectivity index (χ3n) is 3.49. The van der Waals surface area contributed by atoms with Gasteiger partial charge in [0.25, 0.3) is 5.56 Å². The predicted octanol–water partition coefficient (Wildman–Crippen LogP) is 0.405. The van der Waals surface area contributed by atoms with Gasteiger partial charge in [-0.1, -0.05) is 15.9 Å². The minimum absolute atomic E-state index is 0.131. The van der Waals surface area contributed by atoms with Gasteiger partial charge in [0.2, 0.25) is 0 Å². The summed E-state index contributed by atoms with van der Waals surface area (Å²) in [7, 11) is 2.99. The molecular formula is C13H18BrN3O4. The fraction of sp³-hybridized carbons (Fsp3) is 0.615. The third kappa shape index (κ3) is 3.82. The maximum atomic E-state index is 12.1. The van der Waals surface area contributed by atoms with Crippen molar-refractivity contribution < 1.29 is 14.3 Å². The van der Waals surface area contributed by atoms with E-state index in [0.717, 1.165) is 25.2 Å². The molecule has 7 nitrogen and oxygen atoms in total. The quantitative estimate of drug-likeness (QED) is 0.559. The van der Waals surface area contributed by atoms with Gasteiger partial charge in [-0.25, -0.2) is 4.68 Å². The summed E-state index contributed by atoms with van der Waals surface area (Å²) in [5, 5.41) is 4.11. The summed E-state index contributed by atoms with van der Waals surface area (Å²) in [4.78, 5) is 24.9. The highest BCUT2D eigenvalue weighted by molar-refractivity contribution is 9.10. The number of carbonyl (C=O) groups excluding carboxylic acids is 1. The molecule has 0 aromatic carbocycles. The number of alkyl halides is 1. The third-order valence-corrected chi connectivity index (χ3v) is 4.15. The summed E-state index contributed by atoms with van der Waals surface area (Å²) in [6.07, 6.45) is 2.76. The fourth-order valence-electron chi connectivity index (χ4n) is 2.24. The lowest BCUT2D eigenvalue weighted by molar-refractivity contribution is -0.140. The minimum atomic E-state index is -0.594. The van der Waals surface area contributed by atoms with Crippen molar-refractivity contribution >= 4 is 27.6 Å². The molecule has 1 aromatic heterocycles. The molecule has 1 aliphatic rings. The van der Waals surface area contributed by atoms with Crippen LogP contribution in [-0.4, -0.2) is 54.0 Å². The molecule has 0 aliphatic carbocycles. The molecule has 0 amide bonds. The minimum Gasteiger partial charge on any atom is -0.468 e. The Morgan fingerprint density at radius 1 is 1.57 bits per heavy atom. The Bertz CT molecular complexity index is 563. The molecule has 0 saturated carbocycles. The molecule has 1 aliphatic heterocycles. The molecule has 2 rings (SSSR count). The Morgan fingerprint density at radius 2 is 2.33 bits per heavy atom. The van der Waals surface area contributed by atoms with E-state index in [4.69, 9.17) is 4.74 Å². The highest BCUT2D eigenvalue weighted by Crippen LogP contribution is 2.19. The largest absolute Gasteiger partial charge is 0.468 e. The standard InChI is InChI=1S/C13H18BrN3O4/c1-20-10-3-4-16(7-10)9-5-12(18)17(15-6-9)8-11(14)13(19)21-2/h5-6,10-11H,3-4,7-8H2,1-2H3. The monoisotopic (exact) mass is 359 g/mol. The number of carbonyl (C=O) groups is 1. The molecular weight excluding hydrogens is 342 g/mol. The van der Waals surface area contributed by atoms with Crippen LogP contribution in [0.25, 0.3) is 0 Å². The van der Waals surface area contributed by atoms with Crippen molar-refractivity contribution in [3.63, 3.8) is 0 Å². The SMILES string of the molecule is COC(=O)C(Br)Cn1ncc(N2CCC(OC)C2)cc1=O. The van der Waals surface area contributed by atoms with Crippen LogP contribution < -0.4 is 10.5 Å². The topological polar surface area (TPSA) is 73.7 Å². The number of hydrogen-bond donors (Lipinski definition) is 0. The van der Waals surface area contributed by atoms with Crippen LogP contribution in [0, 0.1) is 0 Å². The smallest absolute Gasteiger partial charge is 0.321 e. The Hall–Kier alpha value is -1.41. The van der Waals surface area contributed by atoms with Gasteiger partial charge < -0.3 is 14.4 Å². The number of hydrogen-bond acceptors (Lipinski definition) is 6. The second kappa shape index (κ2) is 7.04. The molecule has 2 atom stereocenters. The zero-order valence-corrected chi connectivity index (χ0v) is 13.6. The van der Waals surface area contributed by atoms with E-state index in [1.165, 1.54) is 17.9 Å². The Kier molecular flexibility index (Phi) is 5.35. The molecule has 8 heteroatoms. The van der Waals surface area contributed by atoms with Gasteiger partial charge in [0.1, 0.15) is 4.83 Å². The first kappa shape index (κ1) is 16.0. The van der Waals surface area contributed by atoms with Crippen molar-refractivity contribution in [1.29, 1.82) is 0 Å². The summed E-state index contributed by atoms with van der Waals surface area (Å²) in [6.45, 7) is 1.73. The van der Waals surface area contributed by atoms with E-state index in [1.807, 2.05) is 0 Å². The molecule has 0 N–H and O–H groups in total. The number of methoxy groups -OCH3 is 2. The Labute approximate surface area is 131 Å². The normalized spacial score (nSPS) is 19.6. The van der Waals surface area contributed by atoms with E-state index in [1.54, 1.807) is 13.3 Å². The van der Waals surface area contributed by atoms with Crippen LogP contribution in [0.3, 0.4) is 0 Å². The molecule has 116 valence electrons. The number of rotatable bonds is 5. The van der Waals surface area contributed by atoms with Gasteiger partial charge in [0.05, 0.1) is 31.6 Å². The number of esters is 1. The second-order valence-electron chi connectivity index (χ2n) is 4.82. The summed E-state index contributed by atoms with van der Waals surface area (Å²) < 4.78 is 11.1. The molecule has 0 spiro atoms. The van der Waals surface area contributed by atoms with Gasteiger partial charge in [0.15, 0.2) is 0 Å². The summed E-state index contributed by atoms with van der Waals surface area (Å²) in [6, 6.07) is 1.53. The molecule has 1 aromatic rings. The Balaban J connectivity index is 2.08. The lowest BCUT2D eigenvalue weighted by Crippen LogP contribution is -2.32. The van der Waals surface area contributed by atoms with Gasteiger partial charge in [-0.15, -0.1) is 0 Å². The second-order valence-corrected chi connectivity index (χ2v) is 5.92. The molecule has 0 radical (unpaired) electrons. The molecule has 0 bridgehead atoms. The summed E-state index contributed by atoms with van der Waals surface area (Å²) >= 11 is 3.18. The van der Waals surface area contributed by atoms with E-state index in [-0.39, 0.29) is 18.2 Å². The van der Waals surface area contributed by atoms with Gasteiger partial charge in [-0.2, -0.15) is 5.10 Å². The number of ether oxygens (including phenoxy) is 2. The molecule has 21 heavy (non-hydrogen) atoms. The summed E-state index contributed by atoms with van der Waals surface area (Å²) in [5.74, 6) is -0.435. The number of halogens is 1. The molecule has 1 saturated heterocycles. The van der Waals surface area contributed by atoms with Crippen LogP contribution in [0.5, 0.6) is 0 Å². The number of nitrogens with zero attached hydrogens (tertiary/aromatic N) is 3. The van der Waals surface area contributed by atoms with Crippen LogP contribution >= 0.6 is 15.9 Å². The van der Waals surface area contributed by atoms with E-state index < -0.39 is 10.8 Å². The zero-order chi connectivity index (χ0) is 15.4. The van der Waals surface area contributed by atoms with E-state index in [9.17, 15) is 9.59 Å². The van der Waals surface area contributed by atoms with Crippen LogP contribution in [0.1, 0.15) is 6.42 Å². The van der Waals surface area contributed by atoms with Crippen molar-refractivity contribution in [3.8, 4) is 0 Å². The maximum absolute atomic E-state index is 12.1. The average Bonchev–Trinajstić information content (AvgIpc) is 2.97. The van der Waals surface area contributed by atoms with Crippen LogP contribution in [0.2, 0.25) is 0 Å². The van der Waals surface area contributed by atoms with Crippen molar-refractivity contribution in [1.82, 2.24) is 9.78 Å². The predicted molar refractivity (Wildman–Crippen MR) is 80.9 cm³/mol. The molecule has 2 heterocycles. The Morgan fingerprint density at radius 3 is 2.90 bits per heavy atom. The van der Waals surface area contributed by atoms with Gasteiger partial charge in [-0.05, 0) is 6.42 Å². The van der Waals surface area contributed by atoms with Gasteiger partial charge >= 0.3 is 5.97 Å². The molecule has 1 fully saturated rings. The van der Waals surface area contributed by atoms with E-state index >= 15 is 0 Å². The van der Waals surface area contributed by atoms with E-state index in [2.05, 4.69) is 30.7 Å². The maximum Gasteiger partial charge on any atom is 0.321 e. The fourth-order valence-corrected chi connectivity index (χ4v) is 2.70. The van der Waals surface area contributed by atoms with Crippen LogP contribution in [0.4, 0.5) is 5.69 Å². The molecule has 2 unspecified atom stereocenters. The van der Waals surface area contributed by atoms with Crippen molar-refractivity contribution in [3.05, 3.63) is 22.6 Å². The summed E-state index contributed by atoms with van der Waals surface area (Å²) in [5.41, 5.74) is 0.529. The first-order valence-corrected chi connectivity index (χ1v) is 7.53. The average molecular weight is 360 g/mol. The van der Waals surface area contributed by atoms with Crippen molar-refractivity contribution in [2.45, 2.75) is 23.9 Å². The lowest BCUT2D eigenvalue weighted by Gasteiger charge is -2.18. The van der Waals surface area contributed by atoms with Crippen LogP contribution in [-0.2, 0) is 20.8 Å². The van der Waals surface area contributed by atoms with Crippen LogP contribution in [0.15, 0.2) is 17.1 Å². The number of anilines is 1. The first-order valence-electron chi connectivity index (χ1n) is 6.62. The van der Waals surface area contributed by atoms with E-state index in [0.29, 0.717) is 0 Å². The van der Waals surface area contributed by atoms with Crippen molar-refractivity contribution in [2.75, 3.05) is 32.2 Å². The van der Waals surface area contributed by atoms with Crippen molar-refractivity contribution in [2.24, 2.45) is 0 Å². The highest BCUT2D eigenvalue weighted by atomic mass is 79.9. The first-order chi connectivity index (χ1) is 10.0. The van der Waals surface area contributed by atoms with Gasteiger partial charge in [0, 0.05) is 26.3 Å². The zero-order valence-electron chi connectivity index (χ0n) is 12.0. The van der Waals surface area contributed by atoms with Gasteiger partial charge in [-0.3, -0.25) is 9.59 Å². The highest BCUT2D eigenvalue weighted by Gasteiger charge is 2.23. The number of aromatic nitrogens is 2.